The van der Waals surface area contributed by atoms with Gasteiger partial charge in [0.25, 0.3) is 10.0 Å². The second-order valence-electron chi connectivity index (χ2n) is 9.34. The number of nitrogens with one attached hydrogen (secondary N) is 1. The zero-order chi connectivity index (χ0) is 26.3. The molecule has 4 rings (SSSR count). The number of aromatic nitrogens is 1. The molecule has 1 aliphatic rings. The average Bonchev–Trinajstić information content (AvgIpc) is 3.16. The van der Waals surface area contributed by atoms with Crippen molar-refractivity contribution in [3.8, 4) is 10.4 Å². The first kappa shape index (κ1) is 25.6. The predicted octanol–water partition coefficient (Wildman–Crippen LogP) is 5.03. The van der Waals surface area contributed by atoms with E-state index in [1.165, 1.54) is 27.5 Å². The number of carbonyl (C=O) groups excluding carboxylic acids is 2. The number of aryl methyl sites for hydroxylation is 1. The maximum atomic E-state index is 13.5. The van der Waals surface area contributed by atoms with Crippen LogP contribution >= 0.6 is 11.3 Å². The summed E-state index contributed by atoms with van der Waals surface area (Å²) >= 11 is 1.30. The number of hydrogen-bond acceptors (Lipinski definition) is 7. The van der Waals surface area contributed by atoms with Crippen LogP contribution in [0.3, 0.4) is 0 Å². The van der Waals surface area contributed by atoms with E-state index in [-0.39, 0.29) is 23.9 Å². The van der Waals surface area contributed by atoms with Gasteiger partial charge in [-0.2, -0.15) is 0 Å². The van der Waals surface area contributed by atoms with Crippen LogP contribution in [0.1, 0.15) is 33.4 Å². The zero-order valence-electron chi connectivity index (χ0n) is 20.7. The Morgan fingerprint density at radius 1 is 1.06 bits per heavy atom. The number of fused-ring (bicyclic) bond motifs is 1. The van der Waals surface area contributed by atoms with E-state index in [0.29, 0.717) is 22.2 Å². The molecule has 0 saturated carbocycles. The van der Waals surface area contributed by atoms with Crippen LogP contribution in [0.5, 0.6) is 0 Å². The quantitative estimate of drug-likeness (QED) is 0.509. The van der Waals surface area contributed by atoms with Gasteiger partial charge in [0.2, 0.25) is 5.91 Å². The van der Waals surface area contributed by atoms with Gasteiger partial charge in [-0.05, 0) is 57.5 Å². The Morgan fingerprint density at radius 3 is 2.39 bits per heavy atom. The molecule has 0 spiro atoms. The van der Waals surface area contributed by atoms with Gasteiger partial charge in [0, 0.05) is 13.5 Å². The molecule has 1 aromatic heterocycles. The maximum absolute atomic E-state index is 13.5. The van der Waals surface area contributed by atoms with Crippen molar-refractivity contribution in [1.82, 2.24) is 4.98 Å². The average molecular weight is 529 g/mol. The van der Waals surface area contributed by atoms with Gasteiger partial charge < -0.3 is 10.1 Å². The maximum Gasteiger partial charge on any atom is 0.414 e. The Labute approximate surface area is 214 Å². The third-order valence-corrected chi connectivity index (χ3v) is 8.30. The summed E-state index contributed by atoms with van der Waals surface area (Å²) in [6, 6.07) is 13.5. The van der Waals surface area contributed by atoms with Crippen LogP contribution in [0.15, 0.2) is 53.4 Å². The van der Waals surface area contributed by atoms with Crippen molar-refractivity contribution in [3.05, 3.63) is 54.2 Å². The zero-order valence-corrected chi connectivity index (χ0v) is 22.4. The Balaban J connectivity index is 1.82. The summed E-state index contributed by atoms with van der Waals surface area (Å²) in [6.45, 7) is 8.78. The first-order valence-electron chi connectivity index (χ1n) is 11.3. The van der Waals surface area contributed by atoms with E-state index >= 15 is 0 Å². The van der Waals surface area contributed by atoms with Gasteiger partial charge in [-0.15, -0.1) is 0 Å². The highest BCUT2D eigenvalue weighted by Gasteiger charge is 2.36. The van der Waals surface area contributed by atoms with Crippen LogP contribution < -0.4 is 14.5 Å². The lowest BCUT2D eigenvalue weighted by Gasteiger charge is -2.37. The Hall–Kier alpha value is -3.44. The lowest BCUT2D eigenvalue weighted by Crippen LogP contribution is -2.47. The molecule has 2 amide bonds. The first-order valence-corrected chi connectivity index (χ1v) is 13.6. The molecular formula is C25H28N4O5S2. The van der Waals surface area contributed by atoms with Gasteiger partial charge in [-0.25, -0.2) is 18.2 Å². The minimum Gasteiger partial charge on any atom is -0.443 e. The van der Waals surface area contributed by atoms with Crippen molar-refractivity contribution in [2.24, 2.45) is 0 Å². The van der Waals surface area contributed by atoms with Gasteiger partial charge in [0.05, 0.1) is 33.4 Å². The lowest BCUT2D eigenvalue weighted by atomic mass is 10.1. The fourth-order valence-corrected chi connectivity index (χ4v) is 6.37. The molecule has 3 aromatic rings. The minimum atomic E-state index is -3.86. The number of carbonyl (C=O) groups is 2. The number of anilines is 3. The molecule has 0 fully saturated rings. The normalized spacial score (nSPS) is 13.8. The van der Waals surface area contributed by atoms with Crippen molar-refractivity contribution in [3.63, 3.8) is 0 Å². The van der Waals surface area contributed by atoms with Crippen molar-refractivity contribution in [2.75, 3.05) is 27.6 Å². The third-order valence-electron chi connectivity index (χ3n) is 5.35. The van der Waals surface area contributed by atoms with Crippen LogP contribution in [0.25, 0.3) is 10.4 Å². The largest absolute Gasteiger partial charge is 0.443 e. The standard InChI is InChI=1S/C25H28N4O5S2/c1-16-22(35-23(26-16)27-17(2)30)18-11-12-20-21(15-18)28(24(31)34-25(3,4)5)13-14-29(20)36(32,33)19-9-7-6-8-10-19/h6-12,15H,13-14H2,1-5H3,(H,26,27,30). The lowest BCUT2D eigenvalue weighted by molar-refractivity contribution is -0.114. The Morgan fingerprint density at radius 2 is 1.75 bits per heavy atom. The highest BCUT2D eigenvalue weighted by atomic mass is 32.2. The van der Waals surface area contributed by atoms with Gasteiger partial charge in [0.15, 0.2) is 5.13 Å². The molecule has 9 nitrogen and oxygen atoms in total. The van der Waals surface area contributed by atoms with Crippen LogP contribution in [0.2, 0.25) is 0 Å². The summed E-state index contributed by atoms with van der Waals surface area (Å²) in [5, 5.41) is 3.16. The second-order valence-corrected chi connectivity index (χ2v) is 12.2. The number of benzene rings is 2. The summed E-state index contributed by atoms with van der Waals surface area (Å²) in [7, 11) is -3.86. The highest BCUT2D eigenvalue weighted by molar-refractivity contribution is 7.92. The highest BCUT2D eigenvalue weighted by Crippen LogP contribution is 2.42. The molecule has 1 aliphatic heterocycles. The molecule has 0 atom stereocenters. The fourth-order valence-electron chi connectivity index (χ4n) is 3.87. The number of hydrogen-bond donors (Lipinski definition) is 1. The van der Waals surface area contributed by atoms with E-state index in [4.69, 9.17) is 4.74 Å². The van der Waals surface area contributed by atoms with Crippen molar-refractivity contribution in [1.29, 1.82) is 0 Å². The molecule has 2 heterocycles. The summed E-state index contributed by atoms with van der Waals surface area (Å²) in [5.41, 5.74) is 1.53. The molecule has 0 radical (unpaired) electrons. The number of amides is 2. The third kappa shape index (κ3) is 5.21. The van der Waals surface area contributed by atoms with Crippen LogP contribution in [0.4, 0.5) is 21.3 Å². The summed E-state index contributed by atoms with van der Waals surface area (Å²) in [4.78, 5) is 31.4. The number of ether oxygens (including phenoxy) is 1. The molecule has 190 valence electrons. The van der Waals surface area contributed by atoms with Gasteiger partial charge in [0.1, 0.15) is 5.60 Å². The van der Waals surface area contributed by atoms with Crippen molar-refractivity contribution >= 4 is 49.9 Å². The predicted molar refractivity (Wildman–Crippen MR) is 141 cm³/mol. The van der Waals surface area contributed by atoms with Crippen molar-refractivity contribution in [2.45, 2.75) is 45.1 Å². The first-order chi connectivity index (χ1) is 16.9. The van der Waals surface area contributed by atoms with Crippen LogP contribution in [0, 0.1) is 6.92 Å². The van der Waals surface area contributed by atoms with E-state index in [9.17, 15) is 18.0 Å². The van der Waals surface area contributed by atoms with Crippen molar-refractivity contribution < 1.29 is 22.7 Å². The minimum absolute atomic E-state index is 0.0785. The molecule has 11 heteroatoms. The van der Waals surface area contributed by atoms with Crippen LogP contribution in [-0.2, 0) is 19.6 Å². The van der Waals surface area contributed by atoms with E-state index in [1.54, 1.807) is 69.3 Å². The molecule has 2 aromatic carbocycles. The molecule has 1 N–H and O–H groups in total. The van der Waals surface area contributed by atoms with E-state index in [1.807, 2.05) is 6.92 Å². The number of nitrogens with zero attached hydrogens (tertiary/aromatic N) is 3. The number of rotatable bonds is 4. The summed E-state index contributed by atoms with van der Waals surface area (Å²) < 4.78 is 34.0. The van der Waals surface area contributed by atoms with Gasteiger partial charge >= 0.3 is 6.09 Å². The van der Waals surface area contributed by atoms with E-state index in [0.717, 1.165) is 10.4 Å². The fraction of sp³-hybridized carbons (Fsp3) is 0.320. The van der Waals surface area contributed by atoms with Gasteiger partial charge in [-0.3, -0.25) is 14.0 Å². The monoisotopic (exact) mass is 528 g/mol. The van der Waals surface area contributed by atoms with Crippen LogP contribution in [-0.4, -0.2) is 44.1 Å². The SMILES string of the molecule is CC(=O)Nc1nc(C)c(-c2ccc3c(c2)N(C(=O)OC(C)(C)C)CCN3S(=O)(=O)c2ccccc2)s1. The topological polar surface area (TPSA) is 109 Å². The number of sulfonamides is 1. The van der Waals surface area contributed by atoms with Gasteiger partial charge in [-0.1, -0.05) is 35.6 Å². The Kier molecular flexibility index (Phi) is 6.80. The summed E-state index contributed by atoms with van der Waals surface area (Å²) in [6.07, 6.45) is -0.558. The molecule has 0 bridgehead atoms. The molecule has 0 saturated heterocycles. The Bertz CT molecular complexity index is 1410. The van der Waals surface area contributed by atoms with E-state index in [2.05, 4.69) is 10.3 Å². The smallest absolute Gasteiger partial charge is 0.414 e. The van der Waals surface area contributed by atoms with E-state index < -0.39 is 21.7 Å². The molecular weight excluding hydrogens is 500 g/mol. The molecule has 0 aliphatic carbocycles. The summed E-state index contributed by atoms with van der Waals surface area (Å²) in [5.74, 6) is -0.224. The number of thiazole rings is 1. The molecule has 0 unspecified atom stereocenters. The second kappa shape index (κ2) is 9.55. The molecule has 36 heavy (non-hydrogen) atoms.